The molecule has 8 nitrogen and oxygen atoms in total. The van der Waals surface area contributed by atoms with Gasteiger partial charge in [0.25, 0.3) is 0 Å². The van der Waals surface area contributed by atoms with Crippen LogP contribution in [0.1, 0.15) is 30.5 Å². The molecule has 178 valence electrons. The van der Waals surface area contributed by atoms with Gasteiger partial charge in [0.2, 0.25) is 0 Å². The maximum absolute atomic E-state index is 13.7. The highest BCUT2D eigenvalue weighted by Crippen LogP contribution is 2.69. The average molecular weight is 471 g/mol. The first-order valence-electron chi connectivity index (χ1n) is 12.2. The Labute approximate surface area is 202 Å². The highest BCUT2D eigenvalue weighted by atomic mass is 19.1. The summed E-state index contributed by atoms with van der Waals surface area (Å²) in [6, 6.07) is 6.24. The zero-order valence-corrected chi connectivity index (χ0v) is 19.4. The second-order valence-electron chi connectivity index (χ2n) is 10.4. The second kappa shape index (κ2) is 7.71. The average Bonchev–Trinajstić information content (AvgIpc) is 3.58. The number of hydrogen-bond donors (Lipinski definition) is 1. The molecule has 8 rings (SSSR count). The van der Waals surface area contributed by atoms with Crippen LogP contribution in [-0.2, 0) is 13.1 Å². The van der Waals surface area contributed by atoms with Crippen LogP contribution in [0.5, 0.6) is 0 Å². The summed E-state index contributed by atoms with van der Waals surface area (Å²) in [7, 11) is 0. The van der Waals surface area contributed by atoms with Crippen LogP contribution < -0.4 is 10.2 Å². The number of nitrogens with zero attached hydrogens (tertiary/aromatic N) is 7. The number of nitrogens with one attached hydrogen (secondary N) is 1. The molecule has 9 heteroatoms. The van der Waals surface area contributed by atoms with E-state index in [-0.39, 0.29) is 5.41 Å². The number of pyridine rings is 2. The van der Waals surface area contributed by atoms with Gasteiger partial charge >= 0.3 is 0 Å². The van der Waals surface area contributed by atoms with E-state index < -0.39 is 5.67 Å². The van der Waals surface area contributed by atoms with Crippen LogP contribution in [0.15, 0.2) is 61.3 Å². The van der Waals surface area contributed by atoms with Crippen LogP contribution in [0, 0.1) is 5.41 Å². The third-order valence-corrected chi connectivity index (χ3v) is 7.53. The molecule has 0 amide bonds. The maximum atomic E-state index is 13.7. The Hall–Kier alpha value is -3.59. The van der Waals surface area contributed by atoms with Gasteiger partial charge in [-0.1, -0.05) is 23.4 Å². The van der Waals surface area contributed by atoms with E-state index in [4.69, 9.17) is 4.98 Å². The lowest BCUT2D eigenvalue weighted by molar-refractivity contribution is -0.209. The standard InChI is InChI=1S/C26H27FN8/c27-26-15-25(16-26,17-26)18-29-8-19-3-4-24-30-21(12-34(24)11-19)13-35-14-23(31-32-35)20-7-22(10-28-9-20)33-5-1-2-6-33/h1-4,7,9-12,14,29H,5-6,8,13,15-18H2. The zero-order valence-electron chi connectivity index (χ0n) is 19.4. The zero-order chi connectivity index (χ0) is 23.5. The SMILES string of the molecule is FC12CC(CNCc3ccc4nc(Cn5cc(-c6cncc(N7CC=CC7)c6)nn5)cn4c3)(C1)C2. The number of imidazole rings is 1. The molecule has 4 aliphatic rings. The summed E-state index contributed by atoms with van der Waals surface area (Å²) in [5.41, 5.74) is 5.24. The number of anilines is 1. The van der Waals surface area contributed by atoms with Gasteiger partial charge in [-0.05, 0) is 42.4 Å². The Morgan fingerprint density at radius 3 is 2.71 bits per heavy atom. The molecule has 0 radical (unpaired) electrons. The van der Waals surface area contributed by atoms with E-state index >= 15 is 0 Å². The molecule has 3 saturated carbocycles. The predicted octanol–water partition coefficient (Wildman–Crippen LogP) is 3.39. The Balaban J connectivity index is 1.01. The number of hydrogen-bond acceptors (Lipinski definition) is 6. The van der Waals surface area contributed by atoms with E-state index in [9.17, 15) is 4.39 Å². The molecule has 1 aliphatic heterocycles. The Kier molecular flexibility index (Phi) is 4.57. The van der Waals surface area contributed by atoms with Gasteiger partial charge in [-0.3, -0.25) is 4.98 Å². The molecule has 3 fully saturated rings. The summed E-state index contributed by atoms with van der Waals surface area (Å²) in [5.74, 6) is 0. The second-order valence-corrected chi connectivity index (χ2v) is 10.4. The molecule has 0 saturated heterocycles. The number of halogens is 1. The van der Waals surface area contributed by atoms with Gasteiger partial charge in [0.15, 0.2) is 0 Å². The predicted molar refractivity (Wildman–Crippen MR) is 131 cm³/mol. The van der Waals surface area contributed by atoms with Crippen molar-refractivity contribution >= 4 is 11.3 Å². The molecule has 0 aromatic carbocycles. The highest BCUT2D eigenvalue weighted by Gasteiger charge is 2.68. The number of rotatable bonds is 8. The topological polar surface area (TPSA) is 76.2 Å². The Morgan fingerprint density at radius 1 is 1.03 bits per heavy atom. The fourth-order valence-corrected chi connectivity index (χ4v) is 5.90. The maximum Gasteiger partial charge on any atom is 0.137 e. The molecule has 0 unspecified atom stereocenters. The number of aromatic nitrogens is 6. The van der Waals surface area contributed by atoms with Gasteiger partial charge in [0.05, 0.1) is 30.3 Å². The summed E-state index contributed by atoms with van der Waals surface area (Å²) in [5, 5.41) is 12.2. The van der Waals surface area contributed by atoms with Crippen molar-refractivity contribution in [1.82, 2.24) is 34.7 Å². The quantitative estimate of drug-likeness (QED) is 0.398. The van der Waals surface area contributed by atoms with Gasteiger partial charge in [-0.2, -0.15) is 0 Å². The first-order valence-corrected chi connectivity index (χ1v) is 12.2. The van der Waals surface area contributed by atoms with Crippen molar-refractivity contribution in [3.8, 4) is 11.3 Å². The van der Waals surface area contributed by atoms with Crippen molar-refractivity contribution in [3.63, 3.8) is 0 Å². The van der Waals surface area contributed by atoms with Crippen molar-refractivity contribution in [3.05, 3.63) is 72.6 Å². The molecule has 4 aromatic rings. The largest absolute Gasteiger partial charge is 0.363 e. The molecular formula is C26H27FN8. The first-order chi connectivity index (χ1) is 17.0. The van der Waals surface area contributed by atoms with E-state index in [0.717, 1.165) is 73.7 Å². The van der Waals surface area contributed by atoms with Crippen LogP contribution in [0.3, 0.4) is 0 Å². The van der Waals surface area contributed by atoms with E-state index in [1.165, 1.54) is 5.56 Å². The summed E-state index contributed by atoms with van der Waals surface area (Å²) in [4.78, 5) is 11.4. The fourth-order valence-electron chi connectivity index (χ4n) is 5.90. The van der Waals surface area contributed by atoms with Gasteiger partial charge in [0.1, 0.15) is 17.0 Å². The molecule has 35 heavy (non-hydrogen) atoms. The minimum atomic E-state index is -0.828. The van der Waals surface area contributed by atoms with Gasteiger partial charge in [-0.25, -0.2) is 14.1 Å². The lowest BCUT2D eigenvalue weighted by Gasteiger charge is -2.66. The summed E-state index contributed by atoms with van der Waals surface area (Å²) < 4.78 is 17.6. The number of alkyl halides is 1. The van der Waals surface area contributed by atoms with Crippen LogP contribution in [0.2, 0.25) is 0 Å². The fraction of sp³-hybridized carbons (Fsp3) is 0.385. The summed E-state index contributed by atoms with van der Waals surface area (Å²) >= 11 is 0. The lowest BCUT2D eigenvalue weighted by Crippen LogP contribution is -2.67. The van der Waals surface area contributed by atoms with Crippen LogP contribution in [0.4, 0.5) is 10.1 Å². The Morgan fingerprint density at radius 2 is 1.89 bits per heavy atom. The summed E-state index contributed by atoms with van der Waals surface area (Å²) in [6.45, 7) is 4.03. The smallest absolute Gasteiger partial charge is 0.137 e. The van der Waals surface area contributed by atoms with E-state index in [1.807, 2.05) is 35.5 Å². The third-order valence-electron chi connectivity index (χ3n) is 7.53. The molecule has 0 spiro atoms. The molecule has 1 N–H and O–H groups in total. The van der Waals surface area contributed by atoms with Crippen molar-refractivity contribution in [1.29, 1.82) is 0 Å². The Bertz CT molecular complexity index is 1410. The van der Waals surface area contributed by atoms with Gasteiger partial charge in [0, 0.05) is 50.3 Å². The molecule has 2 bridgehead atoms. The molecule has 4 aromatic heterocycles. The van der Waals surface area contributed by atoms with Gasteiger partial charge < -0.3 is 14.6 Å². The monoisotopic (exact) mass is 470 g/mol. The minimum Gasteiger partial charge on any atom is -0.363 e. The van der Waals surface area contributed by atoms with Crippen molar-refractivity contribution in [2.45, 2.75) is 38.0 Å². The molecule has 0 atom stereocenters. The molecule has 3 aliphatic carbocycles. The third kappa shape index (κ3) is 3.80. The van der Waals surface area contributed by atoms with Crippen molar-refractivity contribution < 1.29 is 4.39 Å². The van der Waals surface area contributed by atoms with E-state index in [1.54, 1.807) is 0 Å². The van der Waals surface area contributed by atoms with Crippen LogP contribution >= 0.6 is 0 Å². The minimum absolute atomic E-state index is 0.223. The molecular weight excluding hydrogens is 443 g/mol. The van der Waals surface area contributed by atoms with E-state index in [0.29, 0.717) is 6.54 Å². The van der Waals surface area contributed by atoms with Crippen LogP contribution in [-0.4, -0.2) is 54.7 Å². The molecule has 5 heterocycles. The summed E-state index contributed by atoms with van der Waals surface area (Å²) in [6.07, 6.45) is 16.3. The normalized spacial score (nSPS) is 24.7. The van der Waals surface area contributed by atoms with Crippen molar-refractivity contribution in [2.75, 3.05) is 24.5 Å². The first kappa shape index (κ1) is 20.8. The highest BCUT2D eigenvalue weighted by molar-refractivity contribution is 5.63. The lowest BCUT2D eigenvalue weighted by atomic mass is 9.42. The van der Waals surface area contributed by atoms with E-state index in [2.05, 4.69) is 60.4 Å². The van der Waals surface area contributed by atoms with Crippen molar-refractivity contribution in [2.24, 2.45) is 5.41 Å². The van der Waals surface area contributed by atoms with Crippen LogP contribution in [0.25, 0.3) is 16.9 Å². The van der Waals surface area contributed by atoms with Gasteiger partial charge in [-0.15, -0.1) is 5.10 Å². The number of fused-ring (bicyclic) bond motifs is 1.